The van der Waals surface area contributed by atoms with Crippen LogP contribution in [0.3, 0.4) is 0 Å². The number of nitrogens with zero attached hydrogens (tertiary/aromatic N) is 3. The van der Waals surface area contributed by atoms with Crippen molar-refractivity contribution in [1.82, 2.24) is 14.5 Å². The van der Waals surface area contributed by atoms with Crippen molar-refractivity contribution < 1.29 is 4.74 Å². The molecule has 4 nitrogen and oxygen atoms in total. The van der Waals surface area contributed by atoms with Crippen molar-refractivity contribution in [3.63, 3.8) is 0 Å². The fourth-order valence-corrected chi connectivity index (χ4v) is 3.27. The van der Waals surface area contributed by atoms with Gasteiger partial charge in [0.2, 0.25) is 0 Å². The van der Waals surface area contributed by atoms with Crippen LogP contribution in [0.1, 0.15) is 28.0 Å². The van der Waals surface area contributed by atoms with Gasteiger partial charge in [-0.15, -0.1) is 22.9 Å². The molecule has 0 radical (unpaired) electrons. The first-order valence-electron chi connectivity index (χ1n) is 6.68. The topological polar surface area (TPSA) is 39.9 Å². The third-order valence-corrected chi connectivity index (χ3v) is 4.40. The maximum atomic E-state index is 6.29. The summed E-state index contributed by atoms with van der Waals surface area (Å²) in [6, 6.07) is 5.86. The van der Waals surface area contributed by atoms with Gasteiger partial charge in [-0.05, 0) is 26.0 Å². The Morgan fingerprint density at radius 2 is 2.24 bits per heavy atom. The monoisotopic (exact) mass is 321 g/mol. The molecule has 3 rings (SSSR count). The molecule has 0 N–H and O–H groups in total. The molecule has 0 saturated heterocycles. The highest BCUT2D eigenvalue weighted by Crippen LogP contribution is 2.28. The van der Waals surface area contributed by atoms with Crippen molar-refractivity contribution in [3.05, 3.63) is 40.1 Å². The molecule has 0 fully saturated rings. The summed E-state index contributed by atoms with van der Waals surface area (Å²) in [4.78, 5) is 10.3. The molecule has 2 aromatic heterocycles. The summed E-state index contributed by atoms with van der Waals surface area (Å²) in [5.41, 5.74) is 1.94. The molecule has 6 heteroatoms. The maximum Gasteiger partial charge on any atom is 0.128 e. The smallest absolute Gasteiger partial charge is 0.128 e. The number of aryl methyl sites for hydroxylation is 1. The molecule has 0 spiro atoms. The number of rotatable bonds is 4. The van der Waals surface area contributed by atoms with Gasteiger partial charge in [0.05, 0.1) is 30.1 Å². The number of aromatic nitrogens is 3. The number of ether oxygens (including phenoxy) is 1. The molecule has 0 aliphatic rings. The number of thiazole rings is 1. The number of methoxy groups -OCH3 is 1. The van der Waals surface area contributed by atoms with Gasteiger partial charge in [0, 0.05) is 17.1 Å². The van der Waals surface area contributed by atoms with Crippen LogP contribution in [0.5, 0.6) is 5.75 Å². The van der Waals surface area contributed by atoms with Crippen LogP contribution in [-0.2, 0) is 6.54 Å². The first-order chi connectivity index (χ1) is 10.1. The van der Waals surface area contributed by atoms with Crippen molar-refractivity contribution in [2.75, 3.05) is 7.11 Å². The minimum atomic E-state index is -0.163. The van der Waals surface area contributed by atoms with Gasteiger partial charge in [0.15, 0.2) is 0 Å². The number of fused-ring (bicyclic) bond motifs is 1. The zero-order chi connectivity index (χ0) is 15.0. The molecule has 0 saturated carbocycles. The predicted molar refractivity (Wildman–Crippen MR) is 86.5 cm³/mol. The predicted octanol–water partition coefficient (Wildman–Crippen LogP) is 4.16. The van der Waals surface area contributed by atoms with E-state index in [0.29, 0.717) is 6.54 Å². The Balaban J connectivity index is 2.14. The normalized spacial score (nSPS) is 12.8. The number of alkyl halides is 1. The number of imidazole rings is 1. The molecular weight excluding hydrogens is 306 g/mol. The fourth-order valence-electron chi connectivity index (χ4n) is 2.33. The Morgan fingerprint density at radius 1 is 1.43 bits per heavy atom. The van der Waals surface area contributed by atoms with E-state index in [9.17, 15) is 0 Å². The van der Waals surface area contributed by atoms with Crippen molar-refractivity contribution >= 4 is 34.0 Å². The van der Waals surface area contributed by atoms with Crippen molar-refractivity contribution in [1.29, 1.82) is 0 Å². The van der Waals surface area contributed by atoms with Crippen LogP contribution in [0.2, 0.25) is 0 Å². The van der Waals surface area contributed by atoms with E-state index in [1.54, 1.807) is 18.4 Å². The Labute approximate surface area is 132 Å². The van der Waals surface area contributed by atoms with E-state index in [1.807, 2.05) is 31.3 Å². The van der Waals surface area contributed by atoms with Crippen molar-refractivity contribution in [2.24, 2.45) is 0 Å². The average Bonchev–Trinajstić information content (AvgIpc) is 3.03. The summed E-state index contributed by atoms with van der Waals surface area (Å²) < 4.78 is 7.43. The lowest BCUT2D eigenvalue weighted by Gasteiger charge is -2.09. The number of halogens is 1. The quantitative estimate of drug-likeness (QED) is 0.677. The molecule has 0 amide bonds. The number of benzene rings is 1. The highest BCUT2D eigenvalue weighted by atomic mass is 35.5. The minimum Gasteiger partial charge on any atom is -0.497 e. The van der Waals surface area contributed by atoms with E-state index in [1.165, 1.54) is 4.88 Å². The lowest BCUT2D eigenvalue weighted by atomic mass is 10.3. The zero-order valence-electron chi connectivity index (χ0n) is 12.1. The molecule has 110 valence electrons. The van der Waals surface area contributed by atoms with Crippen LogP contribution in [0, 0.1) is 6.92 Å². The Morgan fingerprint density at radius 3 is 2.86 bits per heavy atom. The summed E-state index contributed by atoms with van der Waals surface area (Å²) >= 11 is 7.98. The molecule has 1 atom stereocenters. The second-order valence-corrected chi connectivity index (χ2v) is 6.87. The van der Waals surface area contributed by atoms with E-state index < -0.39 is 0 Å². The zero-order valence-corrected chi connectivity index (χ0v) is 13.7. The van der Waals surface area contributed by atoms with Gasteiger partial charge in [-0.1, -0.05) is 0 Å². The molecule has 0 bridgehead atoms. The van der Waals surface area contributed by atoms with Gasteiger partial charge in [0.1, 0.15) is 16.6 Å². The third-order valence-electron chi connectivity index (χ3n) is 3.30. The molecule has 0 aliphatic heterocycles. The molecule has 3 aromatic rings. The summed E-state index contributed by atoms with van der Waals surface area (Å²) in [5.74, 6) is 1.67. The third kappa shape index (κ3) is 2.76. The van der Waals surface area contributed by atoms with Crippen LogP contribution in [-0.4, -0.2) is 21.6 Å². The lowest BCUT2D eigenvalue weighted by molar-refractivity contribution is 0.415. The first-order valence-corrected chi connectivity index (χ1v) is 7.93. The molecular formula is C15H16ClN3OS. The molecule has 0 aliphatic carbocycles. The van der Waals surface area contributed by atoms with Gasteiger partial charge in [-0.3, -0.25) is 0 Å². The van der Waals surface area contributed by atoms with E-state index in [0.717, 1.165) is 27.6 Å². The van der Waals surface area contributed by atoms with Crippen LogP contribution < -0.4 is 4.74 Å². The lowest BCUT2D eigenvalue weighted by Crippen LogP contribution is -2.05. The molecule has 1 aromatic carbocycles. The number of hydrogen-bond donors (Lipinski definition) is 0. The van der Waals surface area contributed by atoms with E-state index in [4.69, 9.17) is 16.3 Å². The van der Waals surface area contributed by atoms with E-state index in [-0.39, 0.29) is 5.38 Å². The molecule has 2 heterocycles. The summed E-state index contributed by atoms with van der Waals surface area (Å²) in [6.07, 6.45) is 1.89. The van der Waals surface area contributed by atoms with Gasteiger partial charge in [0.25, 0.3) is 0 Å². The van der Waals surface area contributed by atoms with Crippen LogP contribution in [0.15, 0.2) is 24.4 Å². The fraction of sp³-hybridized carbons (Fsp3) is 0.333. The summed E-state index contributed by atoms with van der Waals surface area (Å²) in [7, 11) is 1.66. The van der Waals surface area contributed by atoms with Crippen LogP contribution in [0.25, 0.3) is 11.0 Å². The Hall–Kier alpha value is -1.59. The second-order valence-electron chi connectivity index (χ2n) is 4.89. The van der Waals surface area contributed by atoms with Crippen LogP contribution >= 0.6 is 22.9 Å². The molecule has 1 unspecified atom stereocenters. The second kappa shape index (κ2) is 5.66. The maximum absolute atomic E-state index is 6.29. The largest absolute Gasteiger partial charge is 0.497 e. The van der Waals surface area contributed by atoms with Gasteiger partial charge < -0.3 is 9.30 Å². The highest BCUT2D eigenvalue weighted by molar-refractivity contribution is 7.11. The van der Waals surface area contributed by atoms with E-state index in [2.05, 4.69) is 21.5 Å². The summed E-state index contributed by atoms with van der Waals surface area (Å²) in [6.45, 7) is 4.67. The minimum absolute atomic E-state index is 0.163. The number of hydrogen-bond acceptors (Lipinski definition) is 4. The van der Waals surface area contributed by atoms with Crippen LogP contribution in [0.4, 0.5) is 0 Å². The highest BCUT2D eigenvalue weighted by Gasteiger charge is 2.16. The Kier molecular flexibility index (Phi) is 3.87. The SMILES string of the molecule is COc1ccc2nc(C(C)Cl)n(Cc3ncc(C)s3)c2c1. The standard InChI is InChI=1S/C15H16ClN3OS/c1-9-7-17-14(21-9)8-19-13-6-11(20-3)4-5-12(13)18-15(19)10(2)16/h4-7,10H,8H2,1-3H3. The van der Waals surface area contributed by atoms with E-state index >= 15 is 0 Å². The van der Waals surface area contributed by atoms with Gasteiger partial charge >= 0.3 is 0 Å². The van der Waals surface area contributed by atoms with Gasteiger partial charge in [-0.25, -0.2) is 9.97 Å². The first kappa shape index (κ1) is 14.4. The van der Waals surface area contributed by atoms with Gasteiger partial charge in [-0.2, -0.15) is 0 Å². The Bertz CT molecular complexity index is 778. The van der Waals surface area contributed by atoms with Crippen molar-refractivity contribution in [3.8, 4) is 5.75 Å². The average molecular weight is 322 g/mol. The van der Waals surface area contributed by atoms with Crippen molar-refractivity contribution in [2.45, 2.75) is 25.8 Å². The molecule has 21 heavy (non-hydrogen) atoms. The summed E-state index contributed by atoms with van der Waals surface area (Å²) in [5, 5.41) is 0.887.